The third-order valence-corrected chi connectivity index (χ3v) is 6.71. The third-order valence-electron chi connectivity index (χ3n) is 5.57. The van der Waals surface area contributed by atoms with Gasteiger partial charge in [-0.2, -0.15) is 0 Å². The van der Waals surface area contributed by atoms with Gasteiger partial charge in [0, 0.05) is 23.7 Å². The Labute approximate surface area is 191 Å². The Morgan fingerprint density at radius 3 is 2.39 bits per heavy atom. The van der Waals surface area contributed by atoms with Gasteiger partial charge in [-0.3, -0.25) is 19.5 Å². The van der Waals surface area contributed by atoms with Gasteiger partial charge in [0.25, 0.3) is 11.8 Å². The number of hydrogen-bond acceptors (Lipinski definition) is 5. The van der Waals surface area contributed by atoms with Crippen LogP contribution in [0.25, 0.3) is 0 Å². The molecule has 2 aromatic carbocycles. The fraction of sp³-hybridized carbons (Fsp3) is 0.292. The predicted octanol–water partition coefficient (Wildman–Crippen LogP) is 6.10. The van der Waals surface area contributed by atoms with E-state index in [9.17, 15) is 9.59 Å². The fourth-order valence-corrected chi connectivity index (χ4v) is 4.67. The van der Waals surface area contributed by atoms with Crippen LogP contribution < -0.4 is 4.72 Å². The maximum absolute atomic E-state index is 13.3. The molecule has 2 heterocycles. The number of nitrogens with zero attached hydrogens (tertiary/aromatic N) is 2. The molecule has 0 aliphatic carbocycles. The van der Waals surface area contributed by atoms with Crippen molar-refractivity contribution in [1.29, 1.82) is 0 Å². The van der Waals surface area contributed by atoms with Crippen molar-refractivity contribution in [1.82, 2.24) is 4.90 Å². The molecule has 0 saturated carbocycles. The fourth-order valence-electron chi connectivity index (χ4n) is 3.76. The third kappa shape index (κ3) is 4.02. The molecule has 0 fully saturated rings. The lowest BCUT2D eigenvalue weighted by Gasteiger charge is -2.27. The van der Waals surface area contributed by atoms with Crippen LogP contribution in [0.5, 0.6) is 0 Å². The van der Waals surface area contributed by atoms with E-state index >= 15 is 0 Å². The molecule has 1 atom stereocenters. The van der Waals surface area contributed by atoms with Gasteiger partial charge < -0.3 is 4.72 Å². The number of imide groups is 1. The van der Waals surface area contributed by atoms with Crippen LogP contribution >= 0.6 is 23.5 Å². The van der Waals surface area contributed by atoms with Crippen LogP contribution in [0.2, 0.25) is 5.02 Å². The van der Waals surface area contributed by atoms with Crippen molar-refractivity contribution in [2.75, 3.05) is 4.72 Å². The number of anilines is 1. The summed E-state index contributed by atoms with van der Waals surface area (Å²) in [4.78, 5) is 32.9. The van der Waals surface area contributed by atoms with Gasteiger partial charge in [-0.25, -0.2) is 0 Å². The molecule has 4 rings (SSSR count). The van der Waals surface area contributed by atoms with Crippen molar-refractivity contribution in [2.45, 2.75) is 50.5 Å². The molecular formula is C24H24ClN3O2S. The molecule has 0 radical (unpaired) electrons. The minimum atomic E-state index is -0.360. The Kier molecular flexibility index (Phi) is 5.71. The van der Waals surface area contributed by atoms with Gasteiger partial charge in [0.1, 0.15) is 0 Å². The van der Waals surface area contributed by atoms with Crippen LogP contribution in [0.3, 0.4) is 0 Å². The van der Waals surface area contributed by atoms with E-state index in [2.05, 4.69) is 42.6 Å². The number of hydrogen-bond donors (Lipinski definition) is 1. The van der Waals surface area contributed by atoms with Gasteiger partial charge in [0.05, 0.1) is 27.9 Å². The molecule has 7 heteroatoms. The number of rotatable bonds is 4. The van der Waals surface area contributed by atoms with Gasteiger partial charge in [-0.05, 0) is 59.7 Å². The first-order valence-corrected chi connectivity index (χ1v) is 11.3. The summed E-state index contributed by atoms with van der Waals surface area (Å²) in [6, 6.07) is 11.4. The molecular weight excluding hydrogens is 430 g/mol. The van der Waals surface area contributed by atoms with Crippen molar-refractivity contribution in [3.05, 3.63) is 69.9 Å². The molecule has 1 N–H and O–H groups in total. The number of amides is 2. The number of fused-ring (bicyclic) bond motifs is 1. The summed E-state index contributed by atoms with van der Waals surface area (Å²) in [5.41, 5.74) is 3.37. The number of nitrogens with one attached hydrogen (secondary N) is 1. The number of aliphatic imine (C=N–C) groups is 1. The van der Waals surface area contributed by atoms with Gasteiger partial charge in [-0.1, -0.05) is 44.5 Å². The standard InChI is InChI=1S/C24H24ClN3O2S/c1-14-13-26-12-11-19(14)28-22(29)20-17(25)9-10-18(21(20)23(28)30)27-31-16-7-5-15(6-8-16)24(2,3)4/h5-10,12-13,19,27H,11H2,1-4H3. The smallest absolute Gasteiger partial charge is 0.264 e. The molecule has 0 aromatic heterocycles. The second-order valence-electron chi connectivity index (χ2n) is 8.76. The average Bonchev–Trinajstić information content (AvgIpc) is 2.99. The van der Waals surface area contributed by atoms with E-state index in [1.807, 2.05) is 19.1 Å². The van der Waals surface area contributed by atoms with Crippen molar-refractivity contribution < 1.29 is 9.59 Å². The van der Waals surface area contributed by atoms with E-state index in [1.165, 1.54) is 22.4 Å². The molecule has 31 heavy (non-hydrogen) atoms. The van der Waals surface area contributed by atoms with Crippen LogP contribution in [-0.4, -0.2) is 29.0 Å². The van der Waals surface area contributed by atoms with Crippen molar-refractivity contribution in [3.8, 4) is 0 Å². The molecule has 0 bridgehead atoms. The van der Waals surface area contributed by atoms with E-state index in [1.54, 1.807) is 24.5 Å². The number of carbonyl (C=O) groups is 2. The quantitative estimate of drug-likeness (QED) is 0.448. The molecule has 0 saturated heterocycles. The second-order valence-corrected chi connectivity index (χ2v) is 10.0. The first-order valence-electron chi connectivity index (χ1n) is 10.1. The highest BCUT2D eigenvalue weighted by Gasteiger charge is 2.43. The second kappa shape index (κ2) is 8.17. The summed E-state index contributed by atoms with van der Waals surface area (Å²) in [7, 11) is 0. The van der Waals surface area contributed by atoms with E-state index < -0.39 is 0 Å². The van der Waals surface area contributed by atoms with E-state index in [-0.39, 0.29) is 33.9 Å². The Balaban J connectivity index is 1.60. The van der Waals surface area contributed by atoms with Gasteiger partial charge in [0.15, 0.2) is 0 Å². The Morgan fingerprint density at radius 2 is 1.74 bits per heavy atom. The van der Waals surface area contributed by atoms with Gasteiger partial charge in [0.2, 0.25) is 0 Å². The van der Waals surface area contributed by atoms with Crippen LogP contribution in [-0.2, 0) is 5.41 Å². The minimum absolute atomic E-state index is 0.0836. The summed E-state index contributed by atoms with van der Waals surface area (Å²) < 4.78 is 3.25. The molecule has 5 nitrogen and oxygen atoms in total. The lowest BCUT2D eigenvalue weighted by atomic mass is 9.87. The van der Waals surface area contributed by atoms with Crippen molar-refractivity contribution >= 4 is 47.3 Å². The largest absolute Gasteiger partial charge is 0.325 e. The highest BCUT2D eigenvalue weighted by Crippen LogP contribution is 2.39. The number of benzene rings is 2. The van der Waals surface area contributed by atoms with Crippen LogP contribution in [0.15, 0.2) is 58.1 Å². The summed E-state index contributed by atoms with van der Waals surface area (Å²) >= 11 is 7.74. The molecule has 2 amide bonds. The summed E-state index contributed by atoms with van der Waals surface area (Å²) in [5.74, 6) is -0.692. The highest BCUT2D eigenvalue weighted by atomic mass is 35.5. The Hall–Kier alpha value is -2.57. The highest BCUT2D eigenvalue weighted by molar-refractivity contribution is 8.00. The number of halogens is 1. The van der Waals surface area contributed by atoms with Crippen molar-refractivity contribution in [3.63, 3.8) is 0 Å². The van der Waals surface area contributed by atoms with E-state index in [0.717, 1.165) is 10.5 Å². The van der Waals surface area contributed by atoms with Crippen LogP contribution in [0.4, 0.5) is 5.69 Å². The molecule has 1 unspecified atom stereocenters. The zero-order valence-electron chi connectivity index (χ0n) is 17.9. The van der Waals surface area contributed by atoms with Gasteiger partial charge in [-0.15, -0.1) is 0 Å². The monoisotopic (exact) mass is 453 g/mol. The Bertz CT molecular complexity index is 1120. The summed E-state index contributed by atoms with van der Waals surface area (Å²) in [6.07, 6.45) is 3.91. The molecule has 2 aromatic rings. The molecule has 2 aliphatic rings. The summed E-state index contributed by atoms with van der Waals surface area (Å²) in [5, 5.41) is 0.284. The summed E-state index contributed by atoms with van der Waals surface area (Å²) in [6.45, 7) is 8.40. The maximum Gasteiger partial charge on any atom is 0.264 e. The molecule has 0 spiro atoms. The Morgan fingerprint density at radius 1 is 1.06 bits per heavy atom. The van der Waals surface area contributed by atoms with E-state index in [0.29, 0.717) is 17.7 Å². The zero-order valence-corrected chi connectivity index (χ0v) is 19.5. The average molecular weight is 454 g/mol. The van der Waals surface area contributed by atoms with Gasteiger partial charge >= 0.3 is 0 Å². The van der Waals surface area contributed by atoms with E-state index in [4.69, 9.17) is 11.6 Å². The minimum Gasteiger partial charge on any atom is -0.325 e. The predicted molar refractivity (Wildman–Crippen MR) is 127 cm³/mol. The number of carbonyl (C=O) groups excluding carboxylic acids is 2. The maximum atomic E-state index is 13.3. The SMILES string of the molecule is CC1=CN=CCC1N1C(=O)c2c(Cl)ccc(NSc3ccc(C(C)(C)C)cc3)c2C1=O. The first kappa shape index (κ1) is 21.7. The topological polar surface area (TPSA) is 61.8 Å². The zero-order chi connectivity index (χ0) is 22.3. The van der Waals surface area contributed by atoms with Crippen LogP contribution in [0, 0.1) is 0 Å². The van der Waals surface area contributed by atoms with Crippen molar-refractivity contribution in [2.24, 2.45) is 4.99 Å². The molecule has 160 valence electrons. The van der Waals surface area contributed by atoms with Crippen LogP contribution in [0.1, 0.15) is 60.4 Å². The lowest BCUT2D eigenvalue weighted by molar-refractivity contribution is 0.0611. The lowest BCUT2D eigenvalue weighted by Crippen LogP contribution is -2.41. The first-order chi connectivity index (χ1) is 14.7. The normalized spacial score (nSPS) is 18.3. The molecule has 2 aliphatic heterocycles.